The Morgan fingerprint density at radius 2 is 2.14 bits per heavy atom. The maximum absolute atomic E-state index is 6.24. The molecule has 5 rings (SSSR count). The molecule has 1 spiro atoms. The molecule has 22 heavy (non-hydrogen) atoms. The summed E-state index contributed by atoms with van der Waals surface area (Å²) in [5.74, 6) is 1.11. The van der Waals surface area contributed by atoms with Crippen molar-refractivity contribution in [2.75, 3.05) is 13.6 Å². The molecule has 114 valence electrons. The molecular formula is C19H21NOS. The predicted molar refractivity (Wildman–Crippen MR) is 90.5 cm³/mol. The van der Waals surface area contributed by atoms with Gasteiger partial charge in [-0.2, -0.15) is 0 Å². The number of rotatable bonds is 1. The molecule has 1 aromatic rings. The van der Waals surface area contributed by atoms with Gasteiger partial charge in [-0.05, 0) is 44.6 Å². The van der Waals surface area contributed by atoms with Gasteiger partial charge in [0.2, 0.25) is 0 Å². The van der Waals surface area contributed by atoms with Crippen molar-refractivity contribution in [3.8, 4) is 5.75 Å². The summed E-state index contributed by atoms with van der Waals surface area (Å²) in [5, 5.41) is 0. The van der Waals surface area contributed by atoms with E-state index in [9.17, 15) is 0 Å². The van der Waals surface area contributed by atoms with Crippen LogP contribution in [0.2, 0.25) is 0 Å². The Morgan fingerprint density at radius 3 is 2.95 bits per heavy atom. The number of allylic oxidation sites excluding steroid dienone is 2. The van der Waals surface area contributed by atoms with E-state index in [1.54, 1.807) is 0 Å². The second kappa shape index (κ2) is 4.21. The smallest absolute Gasteiger partial charge is 0.159 e. The fourth-order valence-electron chi connectivity index (χ4n) is 4.18. The number of likely N-dealkylation sites (tertiary alicyclic amines) is 1. The number of hydrogen-bond acceptors (Lipinski definition) is 3. The van der Waals surface area contributed by atoms with E-state index in [1.165, 1.54) is 35.3 Å². The van der Waals surface area contributed by atoms with Crippen molar-refractivity contribution in [3.05, 3.63) is 47.6 Å². The zero-order valence-corrected chi connectivity index (χ0v) is 14.0. The molecule has 2 aliphatic carbocycles. The standard InChI is InChI=1S/C19H21NOS/c1-13-5-6-18(9-10-20(2)17(18)11-13)14-3-4-16-15(12-14)21-19(22-16)7-8-19/h3-6,11-12,17H,7-10H2,1-2H3/t17-,18-/m0/s1. The van der Waals surface area contributed by atoms with Crippen LogP contribution in [0.3, 0.4) is 0 Å². The van der Waals surface area contributed by atoms with Crippen molar-refractivity contribution in [1.82, 2.24) is 4.90 Å². The molecule has 0 N–H and O–H groups in total. The fourth-order valence-corrected chi connectivity index (χ4v) is 5.36. The van der Waals surface area contributed by atoms with Crippen molar-refractivity contribution in [2.24, 2.45) is 0 Å². The highest BCUT2D eigenvalue weighted by atomic mass is 32.2. The highest BCUT2D eigenvalue weighted by Crippen LogP contribution is 2.60. The number of fused-ring (bicyclic) bond motifs is 2. The molecule has 1 aromatic carbocycles. The third kappa shape index (κ3) is 1.73. The van der Waals surface area contributed by atoms with E-state index in [2.05, 4.69) is 55.3 Å². The lowest BCUT2D eigenvalue weighted by atomic mass is 9.71. The number of hydrogen-bond donors (Lipinski definition) is 0. The summed E-state index contributed by atoms with van der Waals surface area (Å²) in [5.41, 5.74) is 2.91. The number of nitrogens with zero attached hydrogens (tertiary/aromatic N) is 1. The van der Waals surface area contributed by atoms with Crippen molar-refractivity contribution in [2.45, 2.75) is 47.5 Å². The Bertz CT molecular complexity index is 718. The lowest BCUT2D eigenvalue weighted by Gasteiger charge is -2.36. The first-order valence-corrected chi connectivity index (χ1v) is 9.02. The molecule has 0 aromatic heterocycles. The first kappa shape index (κ1) is 13.3. The van der Waals surface area contributed by atoms with Gasteiger partial charge in [-0.15, -0.1) is 0 Å². The minimum absolute atomic E-state index is 0.101. The summed E-state index contributed by atoms with van der Waals surface area (Å²) < 4.78 is 6.24. The van der Waals surface area contributed by atoms with Gasteiger partial charge in [0.05, 0.1) is 4.90 Å². The first-order valence-electron chi connectivity index (χ1n) is 8.21. The summed E-state index contributed by atoms with van der Waals surface area (Å²) >= 11 is 1.92. The van der Waals surface area contributed by atoms with E-state index in [-0.39, 0.29) is 10.3 Å². The Kier molecular flexibility index (Phi) is 2.54. The van der Waals surface area contributed by atoms with Gasteiger partial charge in [-0.1, -0.05) is 41.6 Å². The molecule has 2 fully saturated rings. The van der Waals surface area contributed by atoms with E-state index < -0.39 is 0 Å². The maximum Gasteiger partial charge on any atom is 0.159 e. The van der Waals surface area contributed by atoms with E-state index in [1.807, 2.05) is 11.8 Å². The average Bonchev–Trinajstić information content (AvgIpc) is 3.02. The Labute approximate surface area is 136 Å². The molecule has 4 aliphatic rings. The second-order valence-electron chi connectivity index (χ2n) is 7.24. The van der Waals surface area contributed by atoms with Crippen molar-refractivity contribution < 1.29 is 4.74 Å². The third-order valence-corrected chi connectivity index (χ3v) is 7.10. The summed E-state index contributed by atoms with van der Waals surface area (Å²) in [6, 6.07) is 7.41. The first-order chi connectivity index (χ1) is 10.6. The molecule has 0 radical (unpaired) electrons. The lowest BCUT2D eigenvalue weighted by molar-refractivity contribution is 0.277. The van der Waals surface area contributed by atoms with Crippen LogP contribution in [0.4, 0.5) is 0 Å². The van der Waals surface area contributed by atoms with Gasteiger partial charge in [0, 0.05) is 24.3 Å². The molecule has 2 heterocycles. The van der Waals surface area contributed by atoms with Crippen LogP contribution >= 0.6 is 11.8 Å². The Balaban J connectivity index is 1.58. The molecule has 1 saturated carbocycles. The molecule has 2 aliphatic heterocycles. The van der Waals surface area contributed by atoms with Gasteiger partial charge in [-0.25, -0.2) is 0 Å². The Hall–Kier alpha value is -1.19. The zero-order valence-electron chi connectivity index (χ0n) is 13.1. The second-order valence-corrected chi connectivity index (χ2v) is 8.62. The number of benzene rings is 1. The van der Waals surface area contributed by atoms with Crippen LogP contribution in [0.1, 0.15) is 31.7 Å². The average molecular weight is 311 g/mol. The van der Waals surface area contributed by atoms with Crippen LogP contribution in [-0.2, 0) is 5.41 Å². The maximum atomic E-state index is 6.24. The van der Waals surface area contributed by atoms with E-state index in [0.29, 0.717) is 6.04 Å². The third-order valence-electron chi connectivity index (χ3n) is 5.68. The minimum Gasteiger partial charge on any atom is -0.475 e. The molecule has 0 bridgehead atoms. The molecule has 2 atom stereocenters. The van der Waals surface area contributed by atoms with Gasteiger partial charge in [-0.3, -0.25) is 4.90 Å². The SMILES string of the molecule is CC1=C[C@@H]2N(C)CC[C@]2(c2ccc3c(c2)OC2(CC2)S3)C=C1. The molecule has 3 heteroatoms. The van der Waals surface area contributed by atoms with Gasteiger partial charge in [0.15, 0.2) is 4.93 Å². The highest BCUT2D eigenvalue weighted by Gasteiger charge is 2.52. The highest BCUT2D eigenvalue weighted by molar-refractivity contribution is 8.01. The summed E-state index contributed by atoms with van der Waals surface area (Å²) in [6.45, 7) is 3.35. The molecular weight excluding hydrogens is 290 g/mol. The number of ether oxygens (including phenoxy) is 1. The van der Waals surface area contributed by atoms with Crippen molar-refractivity contribution >= 4 is 11.8 Å². The van der Waals surface area contributed by atoms with Gasteiger partial charge in [0.25, 0.3) is 0 Å². The van der Waals surface area contributed by atoms with E-state index >= 15 is 0 Å². The normalized spacial score (nSPS) is 34.3. The lowest BCUT2D eigenvalue weighted by Crippen LogP contribution is -2.39. The topological polar surface area (TPSA) is 12.5 Å². The molecule has 2 nitrogen and oxygen atoms in total. The van der Waals surface area contributed by atoms with Crippen molar-refractivity contribution in [1.29, 1.82) is 0 Å². The van der Waals surface area contributed by atoms with Crippen molar-refractivity contribution in [3.63, 3.8) is 0 Å². The summed E-state index contributed by atoms with van der Waals surface area (Å²) in [4.78, 5) is 3.91. The molecule has 0 unspecified atom stereocenters. The van der Waals surface area contributed by atoms with Crippen LogP contribution < -0.4 is 4.74 Å². The largest absolute Gasteiger partial charge is 0.475 e. The van der Waals surface area contributed by atoms with Crippen LogP contribution in [0.5, 0.6) is 5.75 Å². The zero-order chi connectivity index (χ0) is 14.9. The van der Waals surface area contributed by atoms with Crippen LogP contribution in [0, 0.1) is 0 Å². The molecule has 1 saturated heterocycles. The van der Waals surface area contributed by atoms with Gasteiger partial charge >= 0.3 is 0 Å². The van der Waals surface area contributed by atoms with Crippen LogP contribution in [0.25, 0.3) is 0 Å². The minimum atomic E-state index is 0.101. The number of thioether (sulfide) groups is 1. The monoisotopic (exact) mass is 311 g/mol. The Morgan fingerprint density at radius 1 is 1.27 bits per heavy atom. The van der Waals surface area contributed by atoms with E-state index in [0.717, 1.165) is 12.3 Å². The van der Waals surface area contributed by atoms with Gasteiger partial charge in [0.1, 0.15) is 5.75 Å². The fraction of sp³-hybridized carbons (Fsp3) is 0.474. The molecule has 0 amide bonds. The number of likely N-dealkylation sites (N-methyl/N-ethyl adjacent to an activating group) is 1. The summed E-state index contributed by atoms with van der Waals surface area (Å²) in [7, 11) is 2.24. The van der Waals surface area contributed by atoms with Crippen LogP contribution in [-0.4, -0.2) is 29.5 Å². The van der Waals surface area contributed by atoms with Gasteiger partial charge < -0.3 is 4.74 Å². The predicted octanol–water partition coefficient (Wildman–Crippen LogP) is 4.12. The summed E-state index contributed by atoms with van der Waals surface area (Å²) in [6.07, 6.45) is 10.7. The quantitative estimate of drug-likeness (QED) is 0.774. The van der Waals surface area contributed by atoms with Crippen LogP contribution in [0.15, 0.2) is 46.9 Å². The van der Waals surface area contributed by atoms with E-state index in [4.69, 9.17) is 4.74 Å².